The van der Waals surface area contributed by atoms with E-state index < -0.39 is 5.97 Å². The molecule has 0 atom stereocenters. The van der Waals surface area contributed by atoms with E-state index in [9.17, 15) is 9.90 Å². The molecule has 1 aromatic heterocycles. The first kappa shape index (κ1) is 13.9. The van der Waals surface area contributed by atoms with Crippen molar-refractivity contribution in [2.45, 2.75) is 13.8 Å². The summed E-state index contributed by atoms with van der Waals surface area (Å²) >= 11 is 0. The van der Waals surface area contributed by atoms with Crippen LogP contribution in [0.2, 0.25) is 0 Å². The van der Waals surface area contributed by atoms with Crippen molar-refractivity contribution in [3.8, 4) is 0 Å². The van der Waals surface area contributed by atoms with E-state index in [1.807, 2.05) is 43.0 Å². The van der Waals surface area contributed by atoms with Gasteiger partial charge in [-0.2, -0.15) is 0 Å². The molecule has 0 aliphatic rings. The number of aryl methyl sites for hydroxylation is 1. The highest BCUT2D eigenvalue weighted by Crippen LogP contribution is 2.29. The van der Waals surface area contributed by atoms with E-state index in [-0.39, 0.29) is 5.56 Å². The highest BCUT2D eigenvalue weighted by molar-refractivity contribution is 5.95. The third-order valence-corrected chi connectivity index (χ3v) is 3.10. The number of aromatic nitrogens is 1. The summed E-state index contributed by atoms with van der Waals surface area (Å²) in [6, 6.07) is 9.23. The Hall–Kier alpha value is -2.56. The van der Waals surface area contributed by atoms with Crippen LogP contribution in [0.4, 0.5) is 17.2 Å². The second-order valence-electron chi connectivity index (χ2n) is 4.48. The van der Waals surface area contributed by atoms with Crippen LogP contribution in [0, 0.1) is 6.92 Å². The van der Waals surface area contributed by atoms with E-state index in [0.717, 1.165) is 11.3 Å². The average molecular weight is 271 g/mol. The van der Waals surface area contributed by atoms with Gasteiger partial charge in [-0.3, -0.25) is 0 Å². The van der Waals surface area contributed by atoms with Gasteiger partial charge in [0.25, 0.3) is 0 Å². The summed E-state index contributed by atoms with van der Waals surface area (Å²) in [7, 11) is 0. The van der Waals surface area contributed by atoms with Gasteiger partial charge in [-0.05, 0) is 31.5 Å². The molecule has 5 heteroatoms. The summed E-state index contributed by atoms with van der Waals surface area (Å²) in [6.45, 7) is 4.55. The molecular weight excluding hydrogens is 254 g/mol. The zero-order chi connectivity index (χ0) is 14.7. The summed E-state index contributed by atoms with van der Waals surface area (Å²) < 4.78 is 0. The number of anilines is 3. The fraction of sp³-hybridized carbons (Fsp3) is 0.200. The average Bonchev–Trinajstić information content (AvgIpc) is 2.42. The van der Waals surface area contributed by atoms with Gasteiger partial charge in [-0.15, -0.1) is 0 Å². The Morgan fingerprint density at radius 3 is 2.70 bits per heavy atom. The van der Waals surface area contributed by atoms with Crippen LogP contribution >= 0.6 is 0 Å². The minimum absolute atomic E-state index is 0.107. The number of para-hydroxylation sites is 1. The number of benzene rings is 1. The van der Waals surface area contributed by atoms with Crippen LogP contribution in [0.1, 0.15) is 22.8 Å². The molecule has 2 rings (SSSR count). The lowest BCUT2D eigenvalue weighted by atomic mass is 10.1. The zero-order valence-electron chi connectivity index (χ0n) is 11.5. The molecule has 1 heterocycles. The van der Waals surface area contributed by atoms with E-state index >= 15 is 0 Å². The number of carboxylic acids is 1. The first-order chi connectivity index (χ1) is 9.54. The zero-order valence-corrected chi connectivity index (χ0v) is 11.5. The van der Waals surface area contributed by atoms with Crippen LogP contribution in [0.25, 0.3) is 0 Å². The van der Waals surface area contributed by atoms with Gasteiger partial charge in [-0.25, -0.2) is 9.78 Å². The number of hydrogen-bond acceptors (Lipinski definition) is 4. The molecule has 104 valence electrons. The summed E-state index contributed by atoms with van der Waals surface area (Å²) in [6.07, 6.45) is 1.47. The molecule has 1 aromatic carbocycles. The predicted octanol–water partition coefficient (Wildman–Crippen LogP) is 2.83. The number of carbonyl (C=O) groups is 1. The third kappa shape index (κ3) is 2.56. The van der Waals surface area contributed by atoms with Gasteiger partial charge in [0, 0.05) is 12.2 Å². The lowest BCUT2D eigenvalue weighted by molar-refractivity contribution is 0.0697. The van der Waals surface area contributed by atoms with Gasteiger partial charge in [0.15, 0.2) is 0 Å². The number of nitrogens with zero attached hydrogens (tertiary/aromatic N) is 2. The van der Waals surface area contributed by atoms with Gasteiger partial charge >= 0.3 is 5.97 Å². The molecule has 0 aliphatic heterocycles. The smallest absolute Gasteiger partial charge is 0.339 e. The molecule has 0 saturated carbocycles. The number of hydrogen-bond donors (Lipinski definition) is 2. The van der Waals surface area contributed by atoms with E-state index in [1.165, 1.54) is 12.3 Å². The molecule has 0 bridgehead atoms. The Balaban J connectivity index is 2.58. The molecule has 0 fully saturated rings. The summed E-state index contributed by atoms with van der Waals surface area (Å²) in [5.74, 6) is -0.629. The maximum Gasteiger partial charge on any atom is 0.339 e. The first-order valence-corrected chi connectivity index (χ1v) is 6.36. The summed E-state index contributed by atoms with van der Waals surface area (Å²) in [5, 5.41) is 9.33. The number of carboxylic acid groups (broad SMARTS) is 1. The van der Waals surface area contributed by atoms with Crippen LogP contribution in [0.5, 0.6) is 0 Å². The van der Waals surface area contributed by atoms with Crippen LogP contribution < -0.4 is 10.6 Å². The molecule has 20 heavy (non-hydrogen) atoms. The van der Waals surface area contributed by atoms with Crippen molar-refractivity contribution in [3.63, 3.8) is 0 Å². The second-order valence-corrected chi connectivity index (χ2v) is 4.48. The van der Waals surface area contributed by atoms with E-state index in [2.05, 4.69) is 4.98 Å². The molecule has 2 aromatic rings. The van der Waals surface area contributed by atoms with E-state index in [4.69, 9.17) is 5.73 Å². The third-order valence-electron chi connectivity index (χ3n) is 3.10. The van der Waals surface area contributed by atoms with Crippen molar-refractivity contribution >= 4 is 23.2 Å². The second kappa shape index (κ2) is 5.61. The predicted molar refractivity (Wildman–Crippen MR) is 79.5 cm³/mol. The van der Waals surface area contributed by atoms with Crippen molar-refractivity contribution in [3.05, 3.63) is 47.7 Å². The topological polar surface area (TPSA) is 79.5 Å². The molecule has 0 amide bonds. The molecule has 0 radical (unpaired) electrons. The fourth-order valence-corrected chi connectivity index (χ4v) is 2.15. The molecular formula is C15H17N3O2. The van der Waals surface area contributed by atoms with Crippen LogP contribution in [-0.2, 0) is 0 Å². The van der Waals surface area contributed by atoms with Gasteiger partial charge in [-0.1, -0.05) is 18.2 Å². The number of pyridine rings is 1. The van der Waals surface area contributed by atoms with Crippen LogP contribution in [0.3, 0.4) is 0 Å². The molecule has 0 saturated heterocycles. The van der Waals surface area contributed by atoms with E-state index in [1.54, 1.807) is 0 Å². The largest absolute Gasteiger partial charge is 0.478 e. The molecule has 3 N–H and O–H groups in total. The Bertz CT molecular complexity index is 641. The molecule has 0 unspecified atom stereocenters. The van der Waals surface area contributed by atoms with Crippen molar-refractivity contribution < 1.29 is 9.90 Å². The standard InChI is InChI=1S/C15H17N3O2/c1-3-18(13-7-5-4-6-10(13)2)14-12(15(19)20)8-11(16)9-17-14/h4-9H,3,16H2,1-2H3,(H,19,20). The van der Waals surface area contributed by atoms with Gasteiger partial charge in [0.05, 0.1) is 11.9 Å². The minimum atomic E-state index is -1.04. The van der Waals surface area contributed by atoms with Gasteiger partial charge in [0.2, 0.25) is 0 Å². The maximum absolute atomic E-state index is 11.4. The Kier molecular flexibility index (Phi) is 3.89. The van der Waals surface area contributed by atoms with Crippen molar-refractivity contribution in [1.29, 1.82) is 0 Å². The van der Waals surface area contributed by atoms with Crippen molar-refractivity contribution in [2.24, 2.45) is 0 Å². The Morgan fingerprint density at radius 1 is 1.40 bits per heavy atom. The van der Waals surface area contributed by atoms with Gasteiger partial charge in [0.1, 0.15) is 11.4 Å². The van der Waals surface area contributed by atoms with E-state index in [0.29, 0.717) is 18.1 Å². The first-order valence-electron chi connectivity index (χ1n) is 6.36. The lowest BCUT2D eigenvalue weighted by Crippen LogP contribution is -2.21. The minimum Gasteiger partial charge on any atom is -0.478 e. The number of nitrogen functional groups attached to an aromatic ring is 1. The molecule has 0 spiro atoms. The lowest BCUT2D eigenvalue weighted by Gasteiger charge is -2.25. The number of rotatable bonds is 4. The fourth-order valence-electron chi connectivity index (χ4n) is 2.15. The Labute approximate surface area is 117 Å². The van der Waals surface area contributed by atoms with Crippen LogP contribution in [0.15, 0.2) is 36.5 Å². The number of aromatic carboxylic acids is 1. The molecule has 5 nitrogen and oxygen atoms in total. The normalized spacial score (nSPS) is 10.3. The SMILES string of the molecule is CCN(c1ccccc1C)c1ncc(N)cc1C(=O)O. The summed E-state index contributed by atoms with van der Waals surface area (Å²) in [4.78, 5) is 17.5. The maximum atomic E-state index is 11.4. The van der Waals surface area contributed by atoms with Crippen molar-refractivity contribution in [2.75, 3.05) is 17.2 Å². The van der Waals surface area contributed by atoms with Gasteiger partial charge < -0.3 is 15.7 Å². The summed E-state index contributed by atoms with van der Waals surface area (Å²) in [5.41, 5.74) is 8.08. The Morgan fingerprint density at radius 2 is 2.10 bits per heavy atom. The highest BCUT2D eigenvalue weighted by atomic mass is 16.4. The van der Waals surface area contributed by atoms with Crippen LogP contribution in [-0.4, -0.2) is 22.6 Å². The highest BCUT2D eigenvalue weighted by Gasteiger charge is 2.19. The molecule has 0 aliphatic carbocycles. The van der Waals surface area contributed by atoms with Crippen molar-refractivity contribution in [1.82, 2.24) is 4.98 Å². The monoisotopic (exact) mass is 271 g/mol. The quantitative estimate of drug-likeness (QED) is 0.893. The number of nitrogens with two attached hydrogens (primary N) is 1.